The van der Waals surface area contributed by atoms with Crippen molar-refractivity contribution in [2.75, 3.05) is 6.54 Å². The minimum atomic E-state index is -0.410. The van der Waals surface area contributed by atoms with Crippen molar-refractivity contribution in [2.45, 2.75) is 39.2 Å². The molecule has 0 unspecified atom stereocenters. The number of hydrogen-bond donors (Lipinski definition) is 3. The normalized spacial score (nSPS) is 11.3. The van der Waals surface area contributed by atoms with E-state index in [0.717, 1.165) is 18.5 Å². The summed E-state index contributed by atoms with van der Waals surface area (Å²) in [5.41, 5.74) is 6.15. The molecule has 5 nitrogen and oxygen atoms in total. The van der Waals surface area contributed by atoms with E-state index >= 15 is 0 Å². The molecule has 0 fully saturated rings. The fraction of sp³-hybridized carbons (Fsp3) is 0.538. The molecule has 1 amide bonds. The van der Waals surface area contributed by atoms with Gasteiger partial charge in [-0.1, -0.05) is 13.8 Å². The van der Waals surface area contributed by atoms with E-state index in [1.165, 1.54) is 6.07 Å². The molecule has 0 atom stereocenters. The summed E-state index contributed by atoms with van der Waals surface area (Å²) in [6.07, 6.45) is 1.54. The lowest BCUT2D eigenvalue weighted by molar-refractivity contribution is 0.0940. The highest BCUT2D eigenvalue weighted by molar-refractivity contribution is 5.93. The number of aryl methyl sites for hydroxylation is 1. The zero-order valence-electron chi connectivity index (χ0n) is 11.2. The first-order valence-corrected chi connectivity index (χ1v) is 6.19. The van der Waals surface area contributed by atoms with Crippen molar-refractivity contribution < 1.29 is 4.79 Å². The Hall–Kier alpha value is -1.62. The van der Waals surface area contributed by atoms with E-state index in [9.17, 15) is 9.59 Å². The number of amides is 1. The van der Waals surface area contributed by atoms with E-state index in [1.54, 1.807) is 13.0 Å². The van der Waals surface area contributed by atoms with Gasteiger partial charge in [0.25, 0.3) is 11.5 Å². The summed E-state index contributed by atoms with van der Waals surface area (Å²) in [6, 6.07) is 3.23. The molecule has 0 aromatic carbocycles. The maximum atomic E-state index is 11.9. The molecule has 0 saturated carbocycles. The Morgan fingerprint density at radius 2 is 2.00 bits per heavy atom. The van der Waals surface area contributed by atoms with Gasteiger partial charge in [0.2, 0.25) is 0 Å². The molecular formula is C13H21N3O2. The van der Waals surface area contributed by atoms with Crippen LogP contribution in [0.25, 0.3) is 0 Å². The molecule has 4 N–H and O–H groups in total. The Bertz CT molecular complexity index is 475. The maximum Gasteiger partial charge on any atom is 0.260 e. The number of pyridine rings is 1. The molecule has 18 heavy (non-hydrogen) atoms. The van der Waals surface area contributed by atoms with Crippen LogP contribution in [0, 0.1) is 6.92 Å². The van der Waals surface area contributed by atoms with Crippen LogP contribution in [0.5, 0.6) is 0 Å². The fourth-order valence-corrected chi connectivity index (χ4v) is 1.60. The summed E-state index contributed by atoms with van der Waals surface area (Å²) in [5.74, 6) is -0.382. The van der Waals surface area contributed by atoms with Gasteiger partial charge in [0.15, 0.2) is 0 Å². The van der Waals surface area contributed by atoms with Crippen LogP contribution in [0.15, 0.2) is 16.9 Å². The SMILES string of the molecule is CCC(N)(CC)CNC(=O)c1ccc(C)[nH]c1=O. The van der Waals surface area contributed by atoms with Gasteiger partial charge in [0.1, 0.15) is 5.56 Å². The minimum absolute atomic E-state index is 0.121. The standard InChI is InChI=1S/C13H21N3O2/c1-4-13(14,5-2)8-15-11(17)10-7-6-9(3)16-12(10)18/h6-7H,4-5,8,14H2,1-3H3,(H,15,17)(H,16,18). The molecule has 0 spiro atoms. The molecule has 0 saturated heterocycles. The number of aromatic nitrogens is 1. The van der Waals surface area contributed by atoms with Gasteiger partial charge in [0.05, 0.1) is 0 Å². The first-order valence-electron chi connectivity index (χ1n) is 6.19. The molecule has 0 bridgehead atoms. The molecule has 1 heterocycles. The van der Waals surface area contributed by atoms with Crippen LogP contribution >= 0.6 is 0 Å². The Labute approximate surface area is 107 Å². The Balaban J connectivity index is 2.75. The predicted octanol–water partition coefficient (Wildman–Crippen LogP) is 0.931. The summed E-state index contributed by atoms with van der Waals surface area (Å²) in [5, 5.41) is 2.72. The van der Waals surface area contributed by atoms with E-state index in [1.807, 2.05) is 13.8 Å². The highest BCUT2D eigenvalue weighted by Gasteiger charge is 2.21. The molecule has 0 aliphatic carbocycles. The zero-order valence-corrected chi connectivity index (χ0v) is 11.2. The molecule has 1 rings (SSSR count). The number of H-pyrrole nitrogens is 1. The van der Waals surface area contributed by atoms with Crippen LogP contribution < -0.4 is 16.6 Å². The van der Waals surface area contributed by atoms with E-state index in [2.05, 4.69) is 10.3 Å². The molecule has 0 aliphatic heterocycles. The summed E-state index contributed by atoms with van der Waals surface area (Å²) in [4.78, 5) is 26.1. The van der Waals surface area contributed by atoms with Crippen LogP contribution in [0.1, 0.15) is 42.7 Å². The van der Waals surface area contributed by atoms with Crippen molar-refractivity contribution in [3.05, 3.63) is 33.7 Å². The lowest BCUT2D eigenvalue weighted by Crippen LogP contribution is -2.49. The number of rotatable bonds is 5. The average molecular weight is 251 g/mol. The number of carbonyl (C=O) groups excluding carboxylic acids is 1. The summed E-state index contributed by atoms with van der Waals surface area (Å²) in [6.45, 7) is 6.09. The van der Waals surface area contributed by atoms with Gasteiger partial charge in [-0.15, -0.1) is 0 Å². The Morgan fingerprint density at radius 1 is 1.39 bits per heavy atom. The van der Waals surface area contributed by atoms with Crippen molar-refractivity contribution in [3.8, 4) is 0 Å². The molecular weight excluding hydrogens is 230 g/mol. The van der Waals surface area contributed by atoms with Gasteiger partial charge in [-0.3, -0.25) is 9.59 Å². The number of hydrogen-bond acceptors (Lipinski definition) is 3. The zero-order chi connectivity index (χ0) is 13.8. The lowest BCUT2D eigenvalue weighted by atomic mass is 9.94. The monoisotopic (exact) mass is 251 g/mol. The van der Waals surface area contributed by atoms with E-state index in [4.69, 9.17) is 5.73 Å². The second-order valence-corrected chi connectivity index (χ2v) is 4.64. The third-order valence-corrected chi connectivity index (χ3v) is 3.31. The highest BCUT2D eigenvalue weighted by Crippen LogP contribution is 2.09. The van der Waals surface area contributed by atoms with Crippen molar-refractivity contribution >= 4 is 5.91 Å². The van der Waals surface area contributed by atoms with Gasteiger partial charge >= 0.3 is 0 Å². The van der Waals surface area contributed by atoms with Crippen LogP contribution in [0.3, 0.4) is 0 Å². The van der Waals surface area contributed by atoms with Crippen LogP contribution in [-0.2, 0) is 0 Å². The molecule has 0 aliphatic rings. The second kappa shape index (κ2) is 5.82. The molecule has 5 heteroatoms. The van der Waals surface area contributed by atoms with Crippen molar-refractivity contribution in [3.63, 3.8) is 0 Å². The Kier molecular flexibility index (Phi) is 4.67. The third-order valence-electron chi connectivity index (χ3n) is 3.31. The maximum absolute atomic E-state index is 11.9. The second-order valence-electron chi connectivity index (χ2n) is 4.64. The third kappa shape index (κ3) is 3.43. The van der Waals surface area contributed by atoms with Gasteiger partial charge in [-0.05, 0) is 31.9 Å². The van der Waals surface area contributed by atoms with Gasteiger partial charge < -0.3 is 16.0 Å². The number of nitrogens with one attached hydrogen (secondary N) is 2. The summed E-state index contributed by atoms with van der Waals surface area (Å²) < 4.78 is 0. The van der Waals surface area contributed by atoms with Crippen molar-refractivity contribution in [2.24, 2.45) is 5.73 Å². The topological polar surface area (TPSA) is 88.0 Å². The highest BCUT2D eigenvalue weighted by atomic mass is 16.2. The number of carbonyl (C=O) groups is 1. The van der Waals surface area contributed by atoms with Crippen molar-refractivity contribution in [1.82, 2.24) is 10.3 Å². The van der Waals surface area contributed by atoms with Gasteiger partial charge in [-0.25, -0.2) is 0 Å². The first kappa shape index (κ1) is 14.4. The van der Waals surface area contributed by atoms with E-state index in [-0.39, 0.29) is 17.0 Å². The van der Waals surface area contributed by atoms with Crippen LogP contribution in [-0.4, -0.2) is 23.0 Å². The van der Waals surface area contributed by atoms with Crippen LogP contribution in [0.4, 0.5) is 0 Å². The lowest BCUT2D eigenvalue weighted by Gasteiger charge is -2.26. The predicted molar refractivity (Wildman–Crippen MR) is 71.6 cm³/mol. The molecule has 0 radical (unpaired) electrons. The van der Waals surface area contributed by atoms with Gasteiger partial charge in [0, 0.05) is 17.8 Å². The molecule has 1 aromatic heterocycles. The largest absolute Gasteiger partial charge is 0.350 e. The summed E-state index contributed by atoms with van der Waals surface area (Å²) >= 11 is 0. The minimum Gasteiger partial charge on any atom is -0.350 e. The number of aromatic amines is 1. The molecule has 100 valence electrons. The quantitative estimate of drug-likeness (QED) is 0.727. The first-order chi connectivity index (χ1) is 8.41. The van der Waals surface area contributed by atoms with Gasteiger partial charge in [-0.2, -0.15) is 0 Å². The van der Waals surface area contributed by atoms with E-state index in [0.29, 0.717) is 6.54 Å². The van der Waals surface area contributed by atoms with E-state index < -0.39 is 5.54 Å². The average Bonchev–Trinajstić information content (AvgIpc) is 2.35. The number of nitrogens with two attached hydrogens (primary N) is 1. The van der Waals surface area contributed by atoms with Crippen molar-refractivity contribution in [1.29, 1.82) is 0 Å². The summed E-state index contributed by atoms with van der Waals surface area (Å²) in [7, 11) is 0. The molecule has 1 aromatic rings. The Morgan fingerprint density at radius 3 is 2.50 bits per heavy atom. The smallest absolute Gasteiger partial charge is 0.260 e. The van der Waals surface area contributed by atoms with Crippen LogP contribution in [0.2, 0.25) is 0 Å². The fourth-order valence-electron chi connectivity index (χ4n) is 1.60.